The predicted octanol–water partition coefficient (Wildman–Crippen LogP) is 3.53. The van der Waals surface area contributed by atoms with Gasteiger partial charge in [-0.25, -0.2) is 0 Å². The fourth-order valence-corrected chi connectivity index (χ4v) is 2.51. The molecule has 0 unspecified atom stereocenters. The summed E-state index contributed by atoms with van der Waals surface area (Å²) in [5.74, 6) is -0.937. The standard InChI is InChI=1S/C17H13BrF2N2O4/c18-11-3-1-10(2-4-11)16(24)21-8-7-15(23)22-12-5-6-13-14(9-12)26-17(19,20)25-13/h1-6,9H,7-8H2,(H,21,24)(H,22,23). The summed E-state index contributed by atoms with van der Waals surface area (Å²) in [5.41, 5.74) is 0.764. The minimum Gasteiger partial charge on any atom is -0.395 e. The van der Waals surface area contributed by atoms with Crippen molar-refractivity contribution in [3.63, 3.8) is 0 Å². The molecule has 0 saturated heterocycles. The Morgan fingerprint density at radius 3 is 2.46 bits per heavy atom. The first-order chi connectivity index (χ1) is 12.3. The molecule has 1 heterocycles. The molecule has 6 nitrogen and oxygen atoms in total. The average molecular weight is 427 g/mol. The van der Waals surface area contributed by atoms with E-state index in [1.165, 1.54) is 18.2 Å². The monoisotopic (exact) mass is 426 g/mol. The molecule has 0 spiro atoms. The average Bonchev–Trinajstić information content (AvgIpc) is 2.88. The van der Waals surface area contributed by atoms with Gasteiger partial charge in [0.1, 0.15) is 0 Å². The third-order valence-electron chi connectivity index (χ3n) is 3.43. The normalized spacial score (nSPS) is 14.0. The number of amides is 2. The zero-order valence-corrected chi connectivity index (χ0v) is 14.8. The molecule has 2 aromatic carbocycles. The van der Waals surface area contributed by atoms with Crippen LogP contribution in [0, 0.1) is 0 Å². The van der Waals surface area contributed by atoms with E-state index in [0.29, 0.717) is 5.56 Å². The fraction of sp³-hybridized carbons (Fsp3) is 0.176. The van der Waals surface area contributed by atoms with Gasteiger partial charge in [-0.05, 0) is 36.4 Å². The van der Waals surface area contributed by atoms with Gasteiger partial charge in [0.2, 0.25) is 5.91 Å². The lowest BCUT2D eigenvalue weighted by Crippen LogP contribution is -2.27. The van der Waals surface area contributed by atoms with Crippen LogP contribution in [-0.4, -0.2) is 24.7 Å². The number of nitrogens with one attached hydrogen (secondary N) is 2. The van der Waals surface area contributed by atoms with Crippen molar-refractivity contribution in [1.82, 2.24) is 5.32 Å². The first-order valence-electron chi connectivity index (χ1n) is 7.56. The second-order valence-electron chi connectivity index (χ2n) is 5.39. The number of halogens is 3. The van der Waals surface area contributed by atoms with Crippen molar-refractivity contribution >= 4 is 33.4 Å². The van der Waals surface area contributed by atoms with Gasteiger partial charge in [0.15, 0.2) is 11.5 Å². The molecule has 0 saturated carbocycles. The summed E-state index contributed by atoms with van der Waals surface area (Å²) in [6, 6.07) is 10.7. The highest BCUT2D eigenvalue weighted by Crippen LogP contribution is 2.42. The lowest BCUT2D eigenvalue weighted by atomic mass is 10.2. The maximum absolute atomic E-state index is 13.0. The van der Waals surface area contributed by atoms with Crippen LogP contribution in [0.15, 0.2) is 46.9 Å². The van der Waals surface area contributed by atoms with E-state index in [0.717, 1.165) is 4.47 Å². The number of carbonyl (C=O) groups is 2. The van der Waals surface area contributed by atoms with Crippen molar-refractivity contribution < 1.29 is 27.8 Å². The molecule has 0 fully saturated rings. The van der Waals surface area contributed by atoms with Crippen LogP contribution in [0.3, 0.4) is 0 Å². The largest absolute Gasteiger partial charge is 0.586 e. The van der Waals surface area contributed by atoms with E-state index < -0.39 is 6.29 Å². The minimum absolute atomic E-state index is 0.0207. The second kappa shape index (κ2) is 7.28. The summed E-state index contributed by atoms with van der Waals surface area (Å²) in [7, 11) is 0. The summed E-state index contributed by atoms with van der Waals surface area (Å²) < 4.78 is 35.4. The molecule has 3 rings (SSSR count). The highest BCUT2D eigenvalue weighted by atomic mass is 79.9. The number of hydrogen-bond donors (Lipinski definition) is 2. The van der Waals surface area contributed by atoms with Gasteiger partial charge in [-0.1, -0.05) is 15.9 Å². The summed E-state index contributed by atoms with van der Waals surface area (Å²) in [6.07, 6.45) is -3.69. The maximum Gasteiger partial charge on any atom is 0.586 e. The van der Waals surface area contributed by atoms with Crippen LogP contribution >= 0.6 is 15.9 Å². The van der Waals surface area contributed by atoms with E-state index in [-0.39, 0.29) is 42.0 Å². The van der Waals surface area contributed by atoms with Crippen LogP contribution in [0.25, 0.3) is 0 Å². The summed E-state index contributed by atoms with van der Waals surface area (Å²) in [6.45, 7) is 0.128. The number of fused-ring (bicyclic) bond motifs is 1. The number of alkyl halides is 2. The number of carbonyl (C=O) groups excluding carboxylic acids is 2. The van der Waals surface area contributed by atoms with E-state index >= 15 is 0 Å². The smallest absolute Gasteiger partial charge is 0.395 e. The van der Waals surface area contributed by atoms with Crippen molar-refractivity contribution in [3.05, 3.63) is 52.5 Å². The van der Waals surface area contributed by atoms with Crippen LogP contribution in [0.1, 0.15) is 16.8 Å². The first-order valence-corrected chi connectivity index (χ1v) is 8.35. The molecule has 9 heteroatoms. The van der Waals surface area contributed by atoms with Gasteiger partial charge in [0.05, 0.1) is 0 Å². The van der Waals surface area contributed by atoms with Crippen molar-refractivity contribution in [2.45, 2.75) is 12.7 Å². The Bertz CT molecular complexity index is 843. The Morgan fingerprint density at radius 2 is 1.73 bits per heavy atom. The predicted molar refractivity (Wildman–Crippen MR) is 92.4 cm³/mol. The van der Waals surface area contributed by atoms with Crippen LogP contribution in [0.5, 0.6) is 11.5 Å². The lowest BCUT2D eigenvalue weighted by molar-refractivity contribution is -0.286. The Hall–Kier alpha value is -2.68. The number of hydrogen-bond acceptors (Lipinski definition) is 4. The molecule has 0 radical (unpaired) electrons. The fourth-order valence-electron chi connectivity index (χ4n) is 2.24. The molecular formula is C17H13BrF2N2O4. The van der Waals surface area contributed by atoms with Crippen LogP contribution in [-0.2, 0) is 4.79 Å². The minimum atomic E-state index is -3.71. The molecule has 0 aliphatic carbocycles. The van der Waals surface area contributed by atoms with Crippen molar-refractivity contribution in [3.8, 4) is 11.5 Å². The zero-order chi connectivity index (χ0) is 18.7. The SMILES string of the molecule is O=C(CCNC(=O)c1ccc(Br)cc1)Nc1ccc2c(c1)OC(F)(F)O2. The van der Waals surface area contributed by atoms with E-state index in [9.17, 15) is 18.4 Å². The van der Waals surface area contributed by atoms with Crippen LogP contribution in [0.2, 0.25) is 0 Å². The van der Waals surface area contributed by atoms with Gasteiger partial charge in [-0.3, -0.25) is 9.59 Å². The van der Waals surface area contributed by atoms with Gasteiger partial charge in [-0.15, -0.1) is 8.78 Å². The van der Waals surface area contributed by atoms with Crippen LogP contribution < -0.4 is 20.1 Å². The van der Waals surface area contributed by atoms with E-state index in [1.807, 2.05) is 0 Å². The Labute approximate surface area is 155 Å². The number of benzene rings is 2. The van der Waals surface area contributed by atoms with Crippen molar-refractivity contribution in [1.29, 1.82) is 0 Å². The molecular weight excluding hydrogens is 414 g/mol. The maximum atomic E-state index is 13.0. The van der Waals surface area contributed by atoms with E-state index in [4.69, 9.17) is 0 Å². The number of anilines is 1. The van der Waals surface area contributed by atoms with E-state index in [1.54, 1.807) is 24.3 Å². The quantitative estimate of drug-likeness (QED) is 0.766. The highest BCUT2D eigenvalue weighted by molar-refractivity contribution is 9.10. The lowest BCUT2D eigenvalue weighted by Gasteiger charge is -2.07. The molecule has 2 N–H and O–H groups in total. The number of ether oxygens (including phenoxy) is 2. The molecule has 1 aliphatic rings. The third-order valence-corrected chi connectivity index (χ3v) is 3.96. The molecule has 2 amide bonds. The Morgan fingerprint density at radius 1 is 1.04 bits per heavy atom. The Balaban J connectivity index is 1.48. The molecule has 0 bridgehead atoms. The van der Waals surface area contributed by atoms with E-state index in [2.05, 4.69) is 36.0 Å². The summed E-state index contributed by atoms with van der Waals surface area (Å²) in [4.78, 5) is 23.8. The van der Waals surface area contributed by atoms with Gasteiger partial charge in [0, 0.05) is 34.8 Å². The molecule has 26 heavy (non-hydrogen) atoms. The molecule has 1 aliphatic heterocycles. The second-order valence-corrected chi connectivity index (χ2v) is 6.31. The molecule has 0 aromatic heterocycles. The summed E-state index contributed by atoms with van der Waals surface area (Å²) in [5, 5.41) is 5.17. The number of rotatable bonds is 5. The molecule has 136 valence electrons. The van der Waals surface area contributed by atoms with Gasteiger partial charge < -0.3 is 20.1 Å². The topological polar surface area (TPSA) is 76.7 Å². The highest BCUT2D eigenvalue weighted by Gasteiger charge is 2.43. The van der Waals surface area contributed by atoms with Gasteiger partial charge in [-0.2, -0.15) is 0 Å². The van der Waals surface area contributed by atoms with Gasteiger partial charge in [0.25, 0.3) is 5.91 Å². The molecule has 0 atom stereocenters. The third kappa shape index (κ3) is 4.48. The first kappa shape index (κ1) is 18.1. The molecule has 2 aromatic rings. The summed E-state index contributed by atoms with van der Waals surface area (Å²) >= 11 is 3.28. The Kier molecular flexibility index (Phi) is 5.08. The zero-order valence-electron chi connectivity index (χ0n) is 13.2. The van der Waals surface area contributed by atoms with Crippen LogP contribution in [0.4, 0.5) is 14.5 Å². The van der Waals surface area contributed by atoms with Crippen molar-refractivity contribution in [2.75, 3.05) is 11.9 Å². The van der Waals surface area contributed by atoms with Crippen molar-refractivity contribution in [2.24, 2.45) is 0 Å². The van der Waals surface area contributed by atoms with Gasteiger partial charge >= 0.3 is 6.29 Å².